The molecule has 2 aromatic heterocycles. The number of morpholine rings is 1. The number of rotatable bonds is 9. The molecule has 2 aromatic rings. The molecule has 0 saturated carbocycles. The number of hydrogen-bond acceptors (Lipinski definition) is 5. The number of ether oxygens (including phenoxy) is 1. The van der Waals surface area contributed by atoms with Crippen molar-refractivity contribution in [3.63, 3.8) is 0 Å². The quantitative estimate of drug-likeness (QED) is 0.567. The SMILES string of the molecule is C=C/C(=C\c1nc(N2CCOCC2)oc1C=C)N(C)CCc1[nH]c(=C/C(F)=C\C)/c(=C\C)c1C. The first-order valence-electron chi connectivity index (χ1n) is 11.6. The van der Waals surface area contributed by atoms with Gasteiger partial charge >= 0.3 is 0 Å². The zero-order valence-corrected chi connectivity index (χ0v) is 20.7. The third-order valence-electron chi connectivity index (χ3n) is 6.05. The summed E-state index contributed by atoms with van der Waals surface area (Å²) in [4.78, 5) is 12.3. The van der Waals surface area contributed by atoms with Crippen LogP contribution >= 0.6 is 0 Å². The van der Waals surface area contributed by atoms with E-state index in [2.05, 4.69) is 34.9 Å². The molecule has 1 saturated heterocycles. The number of aromatic nitrogens is 2. The Hall–Kier alpha value is -3.32. The van der Waals surface area contributed by atoms with Gasteiger partial charge in [-0.05, 0) is 55.9 Å². The van der Waals surface area contributed by atoms with Gasteiger partial charge in [0.25, 0.3) is 6.01 Å². The van der Waals surface area contributed by atoms with Gasteiger partial charge in [-0.1, -0.05) is 25.3 Å². The van der Waals surface area contributed by atoms with Gasteiger partial charge in [0.15, 0.2) is 5.76 Å². The minimum atomic E-state index is -0.257. The van der Waals surface area contributed by atoms with Gasteiger partial charge in [0.05, 0.1) is 13.2 Å². The highest BCUT2D eigenvalue weighted by molar-refractivity contribution is 5.62. The van der Waals surface area contributed by atoms with Gasteiger partial charge in [-0.25, -0.2) is 4.39 Å². The Morgan fingerprint density at radius 3 is 2.62 bits per heavy atom. The van der Waals surface area contributed by atoms with Crippen LogP contribution in [0, 0.1) is 6.92 Å². The summed E-state index contributed by atoms with van der Waals surface area (Å²) in [5.41, 5.74) is 3.86. The number of aromatic amines is 1. The van der Waals surface area contributed by atoms with Gasteiger partial charge in [-0.3, -0.25) is 0 Å². The fraction of sp³-hybridized carbons (Fsp3) is 0.370. The molecule has 6 nitrogen and oxygen atoms in total. The first-order chi connectivity index (χ1) is 16.4. The number of nitrogens with one attached hydrogen (secondary N) is 1. The van der Waals surface area contributed by atoms with E-state index in [1.807, 2.05) is 32.2 Å². The second kappa shape index (κ2) is 11.7. The van der Waals surface area contributed by atoms with E-state index >= 15 is 0 Å². The fourth-order valence-electron chi connectivity index (χ4n) is 3.99. The van der Waals surface area contributed by atoms with Crippen LogP contribution in [0.15, 0.2) is 41.3 Å². The van der Waals surface area contributed by atoms with E-state index in [0.717, 1.165) is 59.3 Å². The maximum Gasteiger partial charge on any atom is 0.298 e. The van der Waals surface area contributed by atoms with E-state index < -0.39 is 0 Å². The molecule has 1 N–H and O–H groups in total. The number of anilines is 1. The van der Waals surface area contributed by atoms with E-state index in [1.54, 1.807) is 13.0 Å². The molecule has 1 fully saturated rings. The third-order valence-corrected chi connectivity index (χ3v) is 6.05. The summed E-state index contributed by atoms with van der Waals surface area (Å²) in [7, 11) is 2.02. The van der Waals surface area contributed by atoms with Crippen molar-refractivity contribution in [1.29, 1.82) is 0 Å². The van der Waals surface area contributed by atoms with Gasteiger partial charge in [-0.15, -0.1) is 0 Å². The number of nitrogens with zero attached hydrogens (tertiary/aromatic N) is 3. The normalized spacial score (nSPS) is 16.3. The average molecular weight is 467 g/mol. The van der Waals surface area contributed by atoms with Gasteiger partial charge in [0.1, 0.15) is 11.5 Å². The summed E-state index contributed by atoms with van der Waals surface area (Å²) >= 11 is 0. The smallest absolute Gasteiger partial charge is 0.298 e. The maximum absolute atomic E-state index is 13.8. The van der Waals surface area contributed by atoms with Crippen molar-refractivity contribution in [2.75, 3.05) is 44.8 Å². The van der Waals surface area contributed by atoms with Gasteiger partial charge in [0.2, 0.25) is 0 Å². The van der Waals surface area contributed by atoms with Crippen molar-refractivity contribution < 1.29 is 13.5 Å². The van der Waals surface area contributed by atoms with Crippen LogP contribution in [0.1, 0.15) is 36.6 Å². The molecular formula is C27H35FN4O2. The Bertz CT molecular complexity index is 1200. The monoisotopic (exact) mass is 466 g/mol. The molecule has 34 heavy (non-hydrogen) atoms. The Kier molecular flexibility index (Phi) is 8.71. The van der Waals surface area contributed by atoms with Crippen LogP contribution in [0.25, 0.3) is 24.3 Å². The lowest BCUT2D eigenvalue weighted by Gasteiger charge is -2.24. The molecule has 0 radical (unpaired) electrons. The topological polar surface area (TPSA) is 57.5 Å². The van der Waals surface area contributed by atoms with E-state index in [0.29, 0.717) is 25.0 Å². The highest BCUT2D eigenvalue weighted by Crippen LogP contribution is 2.24. The second-order valence-electron chi connectivity index (χ2n) is 8.16. The maximum atomic E-state index is 13.8. The lowest BCUT2D eigenvalue weighted by atomic mass is 10.1. The first-order valence-corrected chi connectivity index (χ1v) is 11.6. The van der Waals surface area contributed by atoms with Crippen molar-refractivity contribution >= 4 is 30.3 Å². The van der Waals surface area contributed by atoms with Crippen LogP contribution in [-0.2, 0) is 11.2 Å². The molecule has 0 atom stereocenters. The van der Waals surface area contributed by atoms with E-state index in [4.69, 9.17) is 14.1 Å². The van der Waals surface area contributed by atoms with Gasteiger partial charge in [-0.2, -0.15) is 4.98 Å². The lowest BCUT2D eigenvalue weighted by molar-refractivity contribution is 0.120. The van der Waals surface area contributed by atoms with Crippen molar-refractivity contribution in [3.8, 4) is 0 Å². The Morgan fingerprint density at radius 2 is 2.00 bits per heavy atom. The van der Waals surface area contributed by atoms with Crippen molar-refractivity contribution in [2.24, 2.45) is 0 Å². The summed E-state index contributed by atoms with van der Waals surface area (Å²) in [6.07, 6.45) is 11.2. The molecule has 0 spiro atoms. The summed E-state index contributed by atoms with van der Waals surface area (Å²) in [5.74, 6) is 0.371. The largest absolute Gasteiger partial charge is 0.423 e. The molecular weight excluding hydrogens is 431 g/mol. The van der Waals surface area contributed by atoms with Gasteiger partial charge < -0.3 is 23.9 Å². The van der Waals surface area contributed by atoms with Crippen LogP contribution in [0.3, 0.4) is 0 Å². The molecule has 0 bridgehead atoms. The summed E-state index contributed by atoms with van der Waals surface area (Å²) < 4.78 is 25.2. The fourth-order valence-corrected chi connectivity index (χ4v) is 3.99. The molecule has 7 heteroatoms. The van der Waals surface area contributed by atoms with Crippen LogP contribution in [0.2, 0.25) is 0 Å². The number of halogens is 1. The van der Waals surface area contributed by atoms with Gasteiger partial charge in [0, 0.05) is 49.8 Å². The Labute approximate surface area is 201 Å². The highest BCUT2D eigenvalue weighted by Gasteiger charge is 2.19. The molecule has 0 aromatic carbocycles. The second-order valence-corrected chi connectivity index (χ2v) is 8.16. The molecule has 182 valence electrons. The molecule has 1 aliphatic rings. The standard InChI is InChI=1S/C27H35FN4O2/c1-7-20(28)17-24-22(9-3)19(5)23(29-24)11-12-31(6)21(8-2)18-25-26(10-4)34-27(30-25)32-13-15-33-16-14-32/h7-10,17-18,29H,2,4,11-16H2,1,3,5-6H3/b20-7+,21-18+,22-9-,24-17+. The van der Waals surface area contributed by atoms with Crippen LogP contribution in [0.4, 0.5) is 10.4 Å². The van der Waals surface area contributed by atoms with Crippen LogP contribution < -0.4 is 15.5 Å². The number of allylic oxidation sites excluding steroid dienone is 3. The number of oxazole rings is 1. The minimum Gasteiger partial charge on any atom is -0.423 e. The van der Waals surface area contributed by atoms with E-state index in [9.17, 15) is 4.39 Å². The molecule has 1 aliphatic heterocycles. The summed E-state index contributed by atoms with van der Waals surface area (Å²) in [6, 6.07) is 0.581. The number of hydrogen-bond donors (Lipinski definition) is 1. The number of H-pyrrole nitrogens is 1. The summed E-state index contributed by atoms with van der Waals surface area (Å²) in [6.45, 7) is 17.1. The Balaban J connectivity index is 1.80. The molecule has 3 rings (SSSR count). The zero-order chi connectivity index (χ0) is 24.7. The molecule has 0 amide bonds. The molecule has 0 unspecified atom stereocenters. The molecule has 3 heterocycles. The lowest BCUT2D eigenvalue weighted by Crippen LogP contribution is -2.36. The van der Waals surface area contributed by atoms with E-state index in [1.165, 1.54) is 12.2 Å². The van der Waals surface area contributed by atoms with Crippen LogP contribution in [0.5, 0.6) is 0 Å². The zero-order valence-electron chi connectivity index (χ0n) is 20.7. The van der Waals surface area contributed by atoms with E-state index in [-0.39, 0.29) is 5.83 Å². The molecule has 0 aliphatic carbocycles. The predicted octanol–water partition coefficient (Wildman–Crippen LogP) is 3.95. The number of likely N-dealkylation sites (N-methyl/N-ethyl adjacent to an activating group) is 1. The first kappa shape index (κ1) is 25.3. The van der Waals surface area contributed by atoms with Crippen molar-refractivity contribution in [1.82, 2.24) is 14.9 Å². The van der Waals surface area contributed by atoms with Crippen molar-refractivity contribution in [2.45, 2.75) is 27.2 Å². The summed E-state index contributed by atoms with van der Waals surface area (Å²) in [5, 5.41) is 1.82. The van der Waals surface area contributed by atoms with Crippen molar-refractivity contribution in [3.05, 3.63) is 70.1 Å². The average Bonchev–Trinajstić information content (AvgIpc) is 3.41. The third kappa shape index (κ3) is 5.78. The minimum absolute atomic E-state index is 0.257. The van der Waals surface area contributed by atoms with Crippen LogP contribution in [-0.4, -0.2) is 54.8 Å². The highest BCUT2D eigenvalue weighted by atomic mass is 19.1. The Morgan fingerprint density at radius 1 is 1.26 bits per heavy atom. The predicted molar refractivity (Wildman–Crippen MR) is 138 cm³/mol.